The van der Waals surface area contributed by atoms with E-state index in [0.29, 0.717) is 0 Å². The van der Waals surface area contributed by atoms with Gasteiger partial charge >= 0.3 is 6.03 Å². The molecule has 0 aromatic rings. The van der Waals surface area contributed by atoms with Gasteiger partial charge in [-0.15, -0.1) is 0 Å². The van der Waals surface area contributed by atoms with E-state index in [-0.39, 0.29) is 0 Å². The molecule has 2 rings (SSSR count). The van der Waals surface area contributed by atoms with Crippen LogP contribution < -0.4 is 11.1 Å². The van der Waals surface area contributed by atoms with Gasteiger partial charge in [0.2, 0.25) is 5.85 Å². The van der Waals surface area contributed by atoms with Gasteiger partial charge in [0.05, 0.1) is 6.61 Å². The van der Waals surface area contributed by atoms with Crippen LogP contribution in [0.5, 0.6) is 0 Å². The third-order valence-corrected chi connectivity index (χ3v) is 2.82. The van der Waals surface area contributed by atoms with Crippen LogP contribution in [0.1, 0.15) is 0 Å². The second-order valence-corrected chi connectivity index (χ2v) is 4.21. The summed E-state index contributed by atoms with van der Waals surface area (Å²) < 4.78 is 5.15. The second kappa shape index (κ2) is 4.46. The summed E-state index contributed by atoms with van der Waals surface area (Å²) in [5.74, 6) is -1.97. The molecule has 0 spiro atoms. The number of nitrogens with zero attached hydrogens (tertiary/aromatic N) is 1. The lowest BCUT2D eigenvalue weighted by Gasteiger charge is -2.34. The number of rotatable bonds is 2. The maximum absolute atomic E-state index is 11.6. The number of aliphatic hydroxyl groups is 4. The molecule has 18 heavy (non-hydrogen) atoms. The minimum atomic E-state index is -1.97. The van der Waals surface area contributed by atoms with Crippen molar-refractivity contribution in [3.8, 4) is 0 Å². The van der Waals surface area contributed by atoms with E-state index in [1.165, 1.54) is 0 Å². The van der Waals surface area contributed by atoms with Crippen LogP contribution in [0.2, 0.25) is 0 Å². The van der Waals surface area contributed by atoms with E-state index in [4.69, 9.17) is 15.6 Å². The summed E-state index contributed by atoms with van der Waals surface area (Å²) in [5, 5.41) is 39.6. The molecule has 2 aliphatic rings. The highest BCUT2D eigenvalue weighted by Gasteiger charge is 2.47. The largest absolute Gasteiger partial charge is 0.394 e. The van der Waals surface area contributed by atoms with Crippen molar-refractivity contribution in [2.45, 2.75) is 30.4 Å². The van der Waals surface area contributed by atoms with Crippen LogP contribution >= 0.6 is 0 Å². The smallest absolute Gasteiger partial charge is 0.327 e. The molecule has 2 heterocycles. The first-order chi connectivity index (χ1) is 8.35. The van der Waals surface area contributed by atoms with E-state index in [1.807, 2.05) is 5.32 Å². The molecule has 1 fully saturated rings. The summed E-state index contributed by atoms with van der Waals surface area (Å²) >= 11 is 0. The molecule has 0 radical (unpaired) electrons. The Bertz CT molecular complexity index is 373. The standard InChI is InChI=1S/C9H15N3O6/c10-9(17)1-2-12(8(16)11-9)7-6(15)5(14)4(3-13)18-7/h1-2,4-7,13-15,17H,3,10H2,(H,11,16)/t4-,5-,6-,7-,9?/m1/s1. The Morgan fingerprint density at radius 1 is 1.50 bits per heavy atom. The van der Waals surface area contributed by atoms with Gasteiger partial charge < -0.3 is 25.2 Å². The first-order valence-electron chi connectivity index (χ1n) is 5.29. The fourth-order valence-electron chi connectivity index (χ4n) is 1.85. The zero-order valence-corrected chi connectivity index (χ0v) is 9.30. The van der Waals surface area contributed by atoms with Crippen molar-refractivity contribution >= 4 is 6.03 Å². The van der Waals surface area contributed by atoms with Gasteiger partial charge in [-0.2, -0.15) is 0 Å². The van der Waals surface area contributed by atoms with Gasteiger partial charge in [-0.1, -0.05) is 0 Å². The number of amides is 2. The van der Waals surface area contributed by atoms with Gasteiger partial charge in [-0.05, 0) is 6.08 Å². The summed E-state index contributed by atoms with van der Waals surface area (Å²) in [6.07, 6.45) is -2.60. The minimum Gasteiger partial charge on any atom is -0.394 e. The molecule has 0 aromatic carbocycles. The van der Waals surface area contributed by atoms with E-state index in [1.54, 1.807) is 0 Å². The fourth-order valence-corrected chi connectivity index (χ4v) is 1.85. The molecule has 0 saturated carbocycles. The van der Waals surface area contributed by atoms with Gasteiger partial charge in [0.15, 0.2) is 6.23 Å². The lowest BCUT2D eigenvalue weighted by molar-refractivity contribution is -0.0712. The van der Waals surface area contributed by atoms with Crippen LogP contribution in [-0.2, 0) is 4.74 Å². The molecule has 0 aromatic heterocycles. The second-order valence-electron chi connectivity index (χ2n) is 4.21. The number of nitrogens with two attached hydrogens (primary N) is 1. The Hall–Kier alpha value is -1.23. The van der Waals surface area contributed by atoms with E-state index >= 15 is 0 Å². The number of carbonyl (C=O) groups is 1. The number of hydrogen-bond donors (Lipinski definition) is 6. The van der Waals surface area contributed by atoms with Crippen molar-refractivity contribution in [1.82, 2.24) is 10.2 Å². The molecule has 0 bridgehead atoms. The van der Waals surface area contributed by atoms with Gasteiger partial charge in [-0.25, -0.2) is 4.79 Å². The molecule has 102 valence electrons. The Balaban J connectivity index is 2.16. The number of carbonyl (C=O) groups excluding carboxylic acids is 1. The summed E-state index contributed by atoms with van der Waals surface area (Å²) in [7, 11) is 0. The van der Waals surface area contributed by atoms with Crippen molar-refractivity contribution in [2.24, 2.45) is 5.73 Å². The number of hydrogen-bond acceptors (Lipinski definition) is 7. The van der Waals surface area contributed by atoms with Crippen LogP contribution in [-0.4, -0.2) is 68.4 Å². The molecule has 7 N–H and O–H groups in total. The molecule has 2 aliphatic heterocycles. The van der Waals surface area contributed by atoms with E-state index in [0.717, 1.165) is 17.2 Å². The van der Waals surface area contributed by atoms with Crippen molar-refractivity contribution in [2.75, 3.05) is 6.61 Å². The zero-order valence-electron chi connectivity index (χ0n) is 9.30. The summed E-state index contributed by atoms with van der Waals surface area (Å²) in [5.41, 5.74) is 5.26. The van der Waals surface area contributed by atoms with Crippen LogP contribution in [0.15, 0.2) is 12.3 Å². The number of ether oxygens (including phenoxy) is 1. The van der Waals surface area contributed by atoms with Gasteiger partial charge in [0.1, 0.15) is 18.3 Å². The monoisotopic (exact) mass is 261 g/mol. The Labute approximate surface area is 102 Å². The van der Waals surface area contributed by atoms with Crippen LogP contribution in [0.4, 0.5) is 4.79 Å². The normalized spacial score (nSPS) is 44.3. The highest BCUT2D eigenvalue weighted by Crippen LogP contribution is 2.25. The van der Waals surface area contributed by atoms with E-state index in [9.17, 15) is 20.1 Å². The lowest BCUT2D eigenvalue weighted by Crippen LogP contribution is -2.62. The molecule has 0 aliphatic carbocycles. The zero-order chi connectivity index (χ0) is 13.5. The Morgan fingerprint density at radius 2 is 2.17 bits per heavy atom. The quantitative estimate of drug-likeness (QED) is 0.283. The lowest BCUT2D eigenvalue weighted by atomic mass is 10.1. The Kier molecular flexibility index (Phi) is 3.27. The van der Waals surface area contributed by atoms with Gasteiger partial charge in [-0.3, -0.25) is 16.0 Å². The van der Waals surface area contributed by atoms with E-state index in [2.05, 4.69) is 0 Å². The maximum atomic E-state index is 11.6. The molecular formula is C9H15N3O6. The predicted octanol–water partition coefficient (Wildman–Crippen LogP) is -3.43. The maximum Gasteiger partial charge on any atom is 0.327 e. The summed E-state index contributed by atoms with van der Waals surface area (Å²) in [6.45, 7) is -0.491. The van der Waals surface area contributed by atoms with Gasteiger partial charge in [0.25, 0.3) is 0 Å². The highest BCUT2D eigenvalue weighted by molar-refractivity contribution is 5.77. The highest BCUT2D eigenvalue weighted by atomic mass is 16.6. The molecule has 5 atom stereocenters. The average molecular weight is 261 g/mol. The number of aliphatic hydroxyl groups excluding tert-OH is 3. The fraction of sp³-hybridized carbons (Fsp3) is 0.667. The van der Waals surface area contributed by atoms with Crippen molar-refractivity contribution in [1.29, 1.82) is 0 Å². The molecule has 1 unspecified atom stereocenters. The molecule has 9 heteroatoms. The SMILES string of the molecule is NC1(O)C=CN([C@@H]2O[C@H](CO)[C@@H](O)[C@H]2O)C(=O)N1. The minimum absolute atomic E-state index is 0.491. The van der Waals surface area contributed by atoms with Crippen molar-refractivity contribution in [3.05, 3.63) is 12.3 Å². The topological polar surface area (TPSA) is 149 Å². The third kappa shape index (κ3) is 2.19. The first-order valence-corrected chi connectivity index (χ1v) is 5.29. The van der Waals surface area contributed by atoms with Crippen molar-refractivity contribution in [3.63, 3.8) is 0 Å². The number of urea groups is 1. The average Bonchev–Trinajstić information content (AvgIpc) is 2.55. The molecule has 9 nitrogen and oxygen atoms in total. The van der Waals surface area contributed by atoms with Crippen LogP contribution in [0, 0.1) is 0 Å². The summed E-state index contributed by atoms with van der Waals surface area (Å²) in [4.78, 5) is 12.6. The predicted molar refractivity (Wildman–Crippen MR) is 56.4 cm³/mol. The van der Waals surface area contributed by atoms with Crippen LogP contribution in [0.3, 0.4) is 0 Å². The third-order valence-electron chi connectivity index (χ3n) is 2.82. The molecule has 1 saturated heterocycles. The molecular weight excluding hydrogens is 246 g/mol. The van der Waals surface area contributed by atoms with Gasteiger partial charge in [0, 0.05) is 6.20 Å². The van der Waals surface area contributed by atoms with Crippen molar-refractivity contribution < 1.29 is 30.0 Å². The first kappa shape index (κ1) is 13.2. The molecule has 2 amide bonds. The summed E-state index contributed by atoms with van der Waals surface area (Å²) in [6, 6.07) is -0.794. The number of nitrogens with one attached hydrogen (secondary N) is 1. The van der Waals surface area contributed by atoms with Crippen LogP contribution in [0.25, 0.3) is 0 Å². The Morgan fingerprint density at radius 3 is 2.67 bits per heavy atom. The van der Waals surface area contributed by atoms with E-state index < -0.39 is 43.0 Å².